The van der Waals surface area contributed by atoms with Gasteiger partial charge in [0.2, 0.25) is 0 Å². The zero-order valence-electron chi connectivity index (χ0n) is 12.7. The van der Waals surface area contributed by atoms with Crippen molar-refractivity contribution in [2.45, 2.75) is 33.1 Å². The van der Waals surface area contributed by atoms with E-state index >= 15 is 0 Å². The van der Waals surface area contributed by atoms with Gasteiger partial charge in [-0.25, -0.2) is 0 Å². The van der Waals surface area contributed by atoms with Gasteiger partial charge in [0, 0.05) is 17.7 Å². The van der Waals surface area contributed by atoms with Gasteiger partial charge in [0.15, 0.2) is 16.3 Å². The maximum absolute atomic E-state index is 12.2. The molecule has 0 saturated carbocycles. The molecule has 3 N–H and O–H groups in total. The number of nitrogens with one attached hydrogen (secondary N) is 2. The average molecular weight is 320 g/mol. The second-order valence-electron chi connectivity index (χ2n) is 5.03. The summed E-state index contributed by atoms with van der Waals surface area (Å²) in [6, 6.07) is 5.13. The predicted octanol–water partition coefficient (Wildman–Crippen LogP) is 3.08. The fraction of sp³-hybridized carbons (Fsp3) is 0.375. The number of phenolic OH excluding ortho intramolecular Hbond substituents is 1. The summed E-state index contributed by atoms with van der Waals surface area (Å²) < 4.78 is 5.73. The van der Waals surface area contributed by atoms with Gasteiger partial charge in [0.25, 0.3) is 5.56 Å². The van der Waals surface area contributed by atoms with E-state index in [4.69, 9.17) is 17.0 Å². The Kier molecular flexibility index (Phi) is 5.38. The number of benzene rings is 1. The van der Waals surface area contributed by atoms with Crippen molar-refractivity contribution in [3.05, 3.63) is 50.1 Å². The van der Waals surface area contributed by atoms with Crippen molar-refractivity contribution in [3.63, 3.8) is 0 Å². The highest BCUT2D eigenvalue weighted by Crippen LogP contribution is 2.27. The molecular weight excluding hydrogens is 300 g/mol. The number of phenols is 1. The largest absolute Gasteiger partial charge is 0.504 e. The minimum atomic E-state index is -0.168. The van der Waals surface area contributed by atoms with E-state index in [1.165, 1.54) is 0 Å². The molecule has 0 aliphatic heterocycles. The summed E-state index contributed by atoms with van der Waals surface area (Å²) in [5.41, 5.74) is 2.26. The Morgan fingerprint density at radius 2 is 2.05 bits per heavy atom. The number of hydrogen-bond acceptors (Lipinski definition) is 4. The summed E-state index contributed by atoms with van der Waals surface area (Å²) in [7, 11) is 0. The third-order valence-corrected chi connectivity index (χ3v) is 3.54. The fourth-order valence-corrected chi connectivity index (χ4v) is 2.57. The summed E-state index contributed by atoms with van der Waals surface area (Å²) in [5.74, 6) is 0.526. The molecule has 5 nitrogen and oxygen atoms in total. The molecule has 0 atom stereocenters. The highest BCUT2D eigenvalue weighted by Gasteiger charge is 2.11. The fourth-order valence-electron chi connectivity index (χ4n) is 2.35. The lowest BCUT2D eigenvalue weighted by Gasteiger charge is -2.10. The first-order valence-corrected chi connectivity index (χ1v) is 7.75. The zero-order chi connectivity index (χ0) is 16.1. The number of aromatic amines is 2. The Morgan fingerprint density at radius 3 is 2.73 bits per heavy atom. The Hall–Kier alpha value is -2.08. The van der Waals surface area contributed by atoms with Crippen molar-refractivity contribution >= 4 is 12.2 Å². The second-order valence-corrected chi connectivity index (χ2v) is 5.44. The third-order valence-electron chi connectivity index (χ3n) is 3.33. The Labute approximate surface area is 134 Å². The first-order valence-electron chi connectivity index (χ1n) is 7.34. The van der Waals surface area contributed by atoms with Gasteiger partial charge in [0.05, 0.1) is 6.61 Å². The summed E-state index contributed by atoms with van der Waals surface area (Å²) >= 11 is 5.03. The number of ether oxygens (including phenoxy) is 1. The number of H-pyrrole nitrogens is 2. The molecule has 118 valence electrons. The van der Waals surface area contributed by atoms with Gasteiger partial charge < -0.3 is 14.8 Å². The van der Waals surface area contributed by atoms with Gasteiger partial charge in [-0.2, -0.15) is 0 Å². The van der Waals surface area contributed by atoms with E-state index in [0.29, 0.717) is 29.1 Å². The highest BCUT2D eigenvalue weighted by molar-refractivity contribution is 7.71. The van der Waals surface area contributed by atoms with Crippen molar-refractivity contribution in [2.75, 3.05) is 6.61 Å². The van der Waals surface area contributed by atoms with E-state index < -0.39 is 0 Å². The van der Waals surface area contributed by atoms with E-state index in [1.807, 2.05) is 6.92 Å². The second kappa shape index (κ2) is 7.26. The van der Waals surface area contributed by atoms with Crippen molar-refractivity contribution in [2.24, 2.45) is 0 Å². The van der Waals surface area contributed by atoms with Crippen molar-refractivity contribution in [1.82, 2.24) is 9.97 Å². The maximum Gasteiger partial charge on any atom is 0.255 e. The van der Waals surface area contributed by atoms with Crippen LogP contribution in [0.25, 0.3) is 0 Å². The molecule has 0 amide bonds. The van der Waals surface area contributed by atoms with E-state index in [9.17, 15) is 9.90 Å². The molecule has 6 heteroatoms. The summed E-state index contributed by atoms with van der Waals surface area (Å²) in [6.45, 7) is 4.38. The number of aryl methyl sites for hydroxylation is 1. The maximum atomic E-state index is 12.2. The van der Waals surface area contributed by atoms with Crippen LogP contribution in [0, 0.1) is 4.77 Å². The third kappa shape index (κ3) is 3.76. The minimum absolute atomic E-state index is 0.0979. The lowest BCUT2D eigenvalue weighted by atomic mass is 10.0. The molecule has 0 aliphatic carbocycles. The first-order chi connectivity index (χ1) is 10.5. The van der Waals surface area contributed by atoms with E-state index in [2.05, 4.69) is 16.9 Å². The normalized spacial score (nSPS) is 10.6. The van der Waals surface area contributed by atoms with E-state index in [0.717, 1.165) is 24.1 Å². The predicted molar refractivity (Wildman–Crippen MR) is 88.3 cm³/mol. The Morgan fingerprint density at radius 1 is 1.27 bits per heavy atom. The van der Waals surface area contributed by atoms with Crippen LogP contribution in [0.15, 0.2) is 23.0 Å². The smallest absolute Gasteiger partial charge is 0.255 e. The quantitative estimate of drug-likeness (QED) is 0.715. The molecule has 0 aliphatic rings. The molecule has 0 bridgehead atoms. The van der Waals surface area contributed by atoms with Crippen LogP contribution in [0.1, 0.15) is 37.1 Å². The zero-order valence-corrected chi connectivity index (χ0v) is 13.5. The first kappa shape index (κ1) is 16.3. The summed E-state index contributed by atoms with van der Waals surface area (Å²) in [6.07, 6.45) is 2.14. The molecule has 2 rings (SSSR count). The lowest BCUT2D eigenvalue weighted by molar-refractivity contribution is 0.318. The van der Waals surface area contributed by atoms with Crippen LogP contribution in [-0.2, 0) is 12.8 Å². The number of hydrogen-bond donors (Lipinski definition) is 3. The van der Waals surface area contributed by atoms with Gasteiger partial charge in [-0.05, 0) is 43.3 Å². The van der Waals surface area contributed by atoms with Gasteiger partial charge in [0.1, 0.15) is 0 Å². The molecule has 1 heterocycles. The van der Waals surface area contributed by atoms with Crippen LogP contribution in [0.5, 0.6) is 11.5 Å². The molecule has 1 aromatic carbocycles. The van der Waals surface area contributed by atoms with Crippen LogP contribution in [0.3, 0.4) is 0 Å². The molecule has 0 spiro atoms. The van der Waals surface area contributed by atoms with Gasteiger partial charge >= 0.3 is 0 Å². The molecule has 0 fully saturated rings. The summed E-state index contributed by atoms with van der Waals surface area (Å²) in [4.78, 5) is 17.9. The van der Waals surface area contributed by atoms with Gasteiger partial charge in [-0.1, -0.05) is 19.4 Å². The molecule has 1 aromatic heterocycles. The SMILES string of the molecule is CCCc1[nH]c(=S)[nH]c(=O)c1Cc1ccc(O)c(OCC)c1. The van der Waals surface area contributed by atoms with E-state index in [1.54, 1.807) is 18.2 Å². The van der Waals surface area contributed by atoms with Crippen LogP contribution in [-0.4, -0.2) is 21.7 Å². The van der Waals surface area contributed by atoms with Crippen LogP contribution in [0.2, 0.25) is 0 Å². The minimum Gasteiger partial charge on any atom is -0.504 e. The Bertz CT molecular complexity index is 765. The van der Waals surface area contributed by atoms with Crippen LogP contribution < -0.4 is 10.3 Å². The molecule has 2 aromatic rings. The number of rotatable bonds is 6. The molecule has 0 radical (unpaired) electrons. The number of aromatic nitrogens is 2. The molecule has 22 heavy (non-hydrogen) atoms. The standard InChI is InChI=1S/C16H20N2O3S/c1-3-5-12-11(15(20)18-16(22)17-12)8-10-6-7-13(19)14(9-10)21-4-2/h6-7,9,19H,3-5,8H2,1-2H3,(H2,17,18,20,22). The van der Waals surface area contributed by atoms with Crippen molar-refractivity contribution in [1.29, 1.82) is 0 Å². The van der Waals surface area contributed by atoms with Crippen LogP contribution in [0.4, 0.5) is 0 Å². The Balaban J connectivity index is 2.40. The summed E-state index contributed by atoms with van der Waals surface area (Å²) in [5, 5.41) is 9.75. The average Bonchev–Trinajstić information content (AvgIpc) is 2.46. The van der Waals surface area contributed by atoms with E-state index in [-0.39, 0.29) is 11.3 Å². The monoisotopic (exact) mass is 320 g/mol. The van der Waals surface area contributed by atoms with Gasteiger partial charge in [-0.3, -0.25) is 9.78 Å². The van der Waals surface area contributed by atoms with Crippen molar-refractivity contribution < 1.29 is 9.84 Å². The molecular formula is C16H20N2O3S. The molecule has 0 unspecified atom stereocenters. The topological polar surface area (TPSA) is 78.1 Å². The lowest BCUT2D eigenvalue weighted by Crippen LogP contribution is -2.18. The highest BCUT2D eigenvalue weighted by atomic mass is 32.1. The van der Waals surface area contributed by atoms with Gasteiger partial charge in [-0.15, -0.1) is 0 Å². The van der Waals surface area contributed by atoms with Crippen LogP contribution >= 0.6 is 12.2 Å². The molecule has 0 saturated heterocycles. The van der Waals surface area contributed by atoms with Crippen molar-refractivity contribution in [3.8, 4) is 11.5 Å². The number of aromatic hydroxyl groups is 1.